The highest BCUT2D eigenvalue weighted by Crippen LogP contribution is 2.44. The lowest BCUT2D eigenvalue weighted by atomic mass is 9.64. The fourth-order valence-electron chi connectivity index (χ4n) is 5.14. The van der Waals surface area contributed by atoms with Crippen molar-refractivity contribution in [1.82, 2.24) is 10.3 Å². The summed E-state index contributed by atoms with van der Waals surface area (Å²) in [5.74, 6) is 0.146. The molecule has 3 aromatic rings. The van der Waals surface area contributed by atoms with Crippen molar-refractivity contribution in [1.29, 1.82) is 0 Å². The highest BCUT2D eigenvalue weighted by Gasteiger charge is 2.58. The molecule has 1 aliphatic rings. The molecule has 0 fully saturated rings. The van der Waals surface area contributed by atoms with Gasteiger partial charge >= 0.3 is 11.9 Å². The predicted octanol–water partition coefficient (Wildman–Crippen LogP) is 4.92. The fraction of sp³-hybridized carbons (Fsp3) is 0.321. The van der Waals surface area contributed by atoms with Gasteiger partial charge in [-0.3, -0.25) is 4.79 Å². The van der Waals surface area contributed by atoms with Crippen molar-refractivity contribution in [2.24, 2.45) is 0 Å². The van der Waals surface area contributed by atoms with Gasteiger partial charge in [-0.2, -0.15) is 0 Å². The number of nitrogens with one attached hydrogen (secondary N) is 2. The zero-order chi connectivity index (χ0) is 28.3. The van der Waals surface area contributed by atoms with E-state index in [-0.39, 0.29) is 5.57 Å². The van der Waals surface area contributed by atoms with E-state index >= 15 is 0 Å². The van der Waals surface area contributed by atoms with Crippen molar-refractivity contribution in [3.63, 3.8) is 0 Å². The zero-order valence-electron chi connectivity index (χ0n) is 22.5. The average Bonchev–Trinajstić information content (AvgIpc) is 3.41. The van der Waals surface area contributed by atoms with Crippen LogP contribution in [0.2, 0.25) is 0 Å². The molecule has 0 amide bonds. The Labute approximate surface area is 239 Å². The van der Waals surface area contributed by atoms with Gasteiger partial charge in [0.25, 0.3) is 0 Å². The van der Waals surface area contributed by atoms with Crippen LogP contribution in [0.15, 0.2) is 63.6 Å². The third-order valence-electron chi connectivity index (χ3n) is 6.97. The maximum Gasteiger partial charge on any atom is 0.337 e. The quantitative estimate of drug-likeness (QED) is 0.341. The number of hydrogen-bond acceptors (Lipinski definition) is 10. The van der Waals surface area contributed by atoms with Gasteiger partial charge in [-0.25, -0.2) is 9.78 Å². The number of esters is 2. The number of carbonyl (C=O) groups is 2. The van der Waals surface area contributed by atoms with E-state index in [1.165, 1.54) is 25.6 Å². The number of carbonyl (C=O) groups excluding carboxylic acids is 2. The first-order chi connectivity index (χ1) is 18.7. The summed E-state index contributed by atoms with van der Waals surface area (Å²) in [7, 11) is 5.82. The molecule has 0 spiro atoms. The molecule has 3 atom stereocenters. The molecular formula is C28H30BrN3O6S. The molecule has 0 saturated heterocycles. The Kier molecular flexibility index (Phi) is 8.51. The minimum atomic E-state index is -1.33. The monoisotopic (exact) mass is 615 g/mol. The summed E-state index contributed by atoms with van der Waals surface area (Å²) in [6.45, 7) is 3.68. The standard InChI is InChI=1S/C28H30BrN3O6S/c1-15-23(25(33)37-5)24(28(16(2)30-15,26(34)38-6)17-10-8-7-9-11-17)32-27-31-20(14-39-27)18-12-19(29)22(36-4)13-21(18)35-3/h7-14,16,24,30H,1-6H3,(H,31,32). The van der Waals surface area contributed by atoms with E-state index in [2.05, 4.69) is 26.6 Å². The van der Waals surface area contributed by atoms with E-state index in [1.807, 2.05) is 48.7 Å². The summed E-state index contributed by atoms with van der Waals surface area (Å²) in [5, 5.41) is 9.09. The van der Waals surface area contributed by atoms with Crippen molar-refractivity contribution in [3.05, 3.63) is 69.2 Å². The highest BCUT2D eigenvalue weighted by molar-refractivity contribution is 9.10. The van der Waals surface area contributed by atoms with E-state index < -0.39 is 29.4 Å². The van der Waals surface area contributed by atoms with E-state index in [1.54, 1.807) is 27.2 Å². The minimum Gasteiger partial charge on any atom is -0.496 e. The number of methoxy groups -OCH3 is 4. The number of anilines is 1. The summed E-state index contributed by atoms with van der Waals surface area (Å²) in [6.07, 6.45) is 0. The topological polar surface area (TPSA) is 108 Å². The number of benzene rings is 2. The van der Waals surface area contributed by atoms with Gasteiger partial charge in [0.15, 0.2) is 5.13 Å². The van der Waals surface area contributed by atoms with Gasteiger partial charge in [-0.1, -0.05) is 30.3 Å². The molecule has 1 aliphatic heterocycles. The Morgan fingerprint density at radius 2 is 1.74 bits per heavy atom. The van der Waals surface area contributed by atoms with Crippen molar-refractivity contribution >= 4 is 44.3 Å². The Hall–Kier alpha value is -3.57. The molecule has 0 aliphatic carbocycles. The number of aromatic nitrogens is 1. The van der Waals surface area contributed by atoms with Crippen LogP contribution in [0.25, 0.3) is 11.3 Å². The zero-order valence-corrected chi connectivity index (χ0v) is 24.9. The van der Waals surface area contributed by atoms with E-state index in [9.17, 15) is 9.59 Å². The number of allylic oxidation sites excluding steroid dienone is 1. The largest absolute Gasteiger partial charge is 0.496 e. The van der Waals surface area contributed by atoms with Crippen LogP contribution in [0.5, 0.6) is 11.5 Å². The molecule has 2 N–H and O–H groups in total. The third kappa shape index (κ3) is 4.96. The Morgan fingerprint density at radius 1 is 1.05 bits per heavy atom. The van der Waals surface area contributed by atoms with Crippen LogP contribution in [0.4, 0.5) is 5.13 Å². The summed E-state index contributed by atoms with van der Waals surface area (Å²) in [5.41, 5.74) is 1.63. The number of thiazole rings is 1. The highest BCUT2D eigenvalue weighted by atomic mass is 79.9. The van der Waals surface area contributed by atoms with Gasteiger partial charge in [0.2, 0.25) is 0 Å². The van der Waals surface area contributed by atoms with Crippen LogP contribution >= 0.6 is 27.3 Å². The second-order valence-corrected chi connectivity index (χ2v) is 10.6. The minimum absolute atomic E-state index is 0.284. The number of rotatable bonds is 8. The predicted molar refractivity (Wildman–Crippen MR) is 153 cm³/mol. The smallest absolute Gasteiger partial charge is 0.337 e. The Balaban J connectivity index is 1.88. The van der Waals surface area contributed by atoms with Crippen molar-refractivity contribution in [2.75, 3.05) is 33.8 Å². The van der Waals surface area contributed by atoms with Crippen molar-refractivity contribution in [3.8, 4) is 22.8 Å². The fourth-order valence-corrected chi connectivity index (χ4v) is 6.38. The molecule has 2 aromatic carbocycles. The first-order valence-corrected chi connectivity index (χ1v) is 13.7. The molecule has 39 heavy (non-hydrogen) atoms. The molecule has 0 bridgehead atoms. The van der Waals surface area contributed by atoms with Gasteiger partial charge in [0.05, 0.1) is 50.2 Å². The average molecular weight is 617 g/mol. The molecule has 206 valence electrons. The third-order valence-corrected chi connectivity index (χ3v) is 8.36. The number of halogens is 1. The maximum absolute atomic E-state index is 13.7. The molecule has 1 aromatic heterocycles. The second kappa shape index (κ2) is 11.7. The van der Waals surface area contributed by atoms with Gasteiger partial charge in [-0.05, 0) is 41.4 Å². The molecule has 0 saturated carbocycles. The number of nitrogens with zero attached hydrogens (tertiary/aromatic N) is 1. The first-order valence-electron chi connectivity index (χ1n) is 12.1. The molecule has 2 heterocycles. The molecule has 9 nitrogen and oxygen atoms in total. The van der Waals surface area contributed by atoms with Crippen molar-refractivity contribution in [2.45, 2.75) is 31.3 Å². The van der Waals surface area contributed by atoms with Crippen LogP contribution in [0, 0.1) is 0 Å². The Bertz CT molecular complexity index is 1410. The first kappa shape index (κ1) is 28.4. The normalized spacial score (nSPS) is 20.6. The molecule has 4 rings (SSSR count). The molecular weight excluding hydrogens is 586 g/mol. The van der Waals surface area contributed by atoms with Crippen LogP contribution in [-0.4, -0.2) is 57.4 Å². The Morgan fingerprint density at radius 3 is 2.36 bits per heavy atom. The SMILES string of the molecule is COC(=O)C1=C(C)NC(C)C(C(=O)OC)(c2ccccc2)C1Nc1nc(-c2cc(Br)c(OC)cc2OC)cs1. The molecule has 0 radical (unpaired) electrons. The van der Waals surface area contributed by atoms with Crippen LogP contribution in [0.1, 0.15) is 19.4 Å². The summed E-state index contributed by atoms with van der Waals surface area (Å²) >= 11 is 4.87. The van der Waals surface area contributed by atoms with Crippen LogP contribution in [-0.2, 0) is 24.5 Å². The van der Waals surface area contributed by atoms with E-state index in [4.69, 9.17) is 23.9 Å². The van der Waals surface area contributed by atoms with E-state index in [0.717, 1.165) is 10.0 Å². The summed E-state index contributed by atoms with van der Waals surface area (Å²) in [4.78, 5) is 31.7. The number of hydrogen-bond donors (Lipinski definition) is 2. The van der Waals surface area contributed by atoms with Gasteiger partial charge in [-0.15, -0.1) is 11.3 Å². The van der Waals surface area contributed by atoms with Gasteiger partial charge in [0.1, 0.15) is 16.9 Å². The maximum atomic E-state index is 13.7. The lowest BCUT2D eigenvalue weighted by Crippen LogP contribution is -2.65. The molecule has 3 unspecified atom stereocenters. The number of ether oxygens (including phenoxy) is 4. The van der Waals surface area contributed by atoms with Crippen LogP contribution < -0.4 is 20.1 Å². The summed E-state index contributed by atoms with van der Waals surface area (Å²) < 4.78 is 22.3. The molecule has 11 heteroatoms. The lowest BCUT2D eigenvalue weighted by Gasteiger charge is -2.47. The van der Waals surface area contributed by atoms with Gasteiger partial charge in [0, 0.05) is 28.7 Å². The summed E-state index contributed by atoms with van der Waals surface area (Å²) in [6, 6.07) is 11.6. The lowest BCUT2D eigenvalue weighted by molar-refractivity contribution is -0.149. The van der Waals surface area contributed by atoms with Gasteiger partial charge < -0.3 is 29.6 Å². The second-order valence-electron chi connectivity index (χ2n) is 8.93. The van der Waals surface area contributed by atoms with E-state index in [0.29, 0.717) is 33.6 Å². The van der Waals surface area contributed by atoms with Crippen molar-refractivity contribution < 1.29 is 28.5 Å². The van der Waals surface area contributed by atoms with Crippen LogP contribution in [0.3, 0.4) is 0 Å².